The Hall–Kier alpha value is -1.14. The number of aromatic amines is 1. The minimum absolute atomic E-state index is 0.0563. The van der Waals surface area contributed by atoms with Crippen molar-refractivity contribution in [1.29, 1.82) is 0 Å². The van der Waals surface area contributed by atoms with Crippen molar-refractivity contribution >= 4 is 27.3 Å². The van der Waals surface area contributed by atoms with Gasteiger partial charge in [-0.2, -0.15) is 4.98 Å². The number of thiophene rings is 1. The van der Waals surface area contributed by atoms with Crippen LogP contribution in [0.25, 0.3) is 11.4 Å². The lowest BCUT2D eigenvalue weighted by Gasteiger charge is -2.01. The van der Waals surface area contributed by atoms with Crippen molar-refractivity contribution in [3.8, 4) is 17.3 Å². The molecule has 0 spiro atoms. The molecule has 4 nitrogen and oxygen atoms in total. The zero-order chi connectivity index (χ0) is 11.9. The summed E-state index contributed by atoms with van der Waals surface area (Å²) in [6.07, 6.45) is 0. The molecule has 16 heavy (non-hydrogen) atoms. The van der Waals surface area contributed by atoms with Crippen molar-refractivity contribution in [2.45, 2.75) is 13.8 Å². The van der Waals surface area contributed by atoms with Gasteiger partial charge >= 0.3 is 0 Å². The molecule has 2 N–H and O–H groups in total. The molecule has 0 amide bonds. The zero-order valence-electron chi connectivity index (χ0n) is 8.67. The van der Waals surface area contributed by atoms with Crippen molar-refractivity contribution in [2.24, 2.45) is 0 Å². The van der Waals surface area contributed by atoms with Crippen molar-refractivity contribution in [1.82, 2.24) is 9.97 Å². The van der Waals surface area contributed by atoms with Gasteiger partial charge in [-0.25, -0.2) is 0 Å². The maximum atomic E-state index is 11.5. The Labute approximate surface area is 104 Å². The molecule has 0 saturated heterocycles. The maximum absolute atomic E-state index is 11.5. The van der Waals surface area contributed by atoms with Gasteiger partial charge in [0, 0.05) is 15.3 Å². The molecule has 0 radical (unpaired) electrons. The summed E-state index contributed by atoms with van der Waals surface area (Å²) in [6.45, 7) is 3.93. The van der Waals surface area contributed by atoms with Crippen LogP contribution in [0.15, 0.2) is 15.3 Å². The van der Waals surface area contributed by atoms with Crippen molar-refractivity contribution in [3.63, 3.8) is 0 Å². The summed E-state index contributed by atoms with van der Waals surface area (Å²) in [6, 6.07) is 1.94. The number of H-pyrrole nitrogens is 1. The molecular formula is C10H9BrN2O2S. The van der Waals surface area contributed by atoms with Gasteiger partial charge in [-0.3, -0.25) is 4.79 Å². The number of hydrogen-bond acceptors (Lipinski definition) is 4. The van der Waals surface area contributed by atoms with E-state index in [1.807, 2.05) is 19.9 Å². The number of aromatic nitrogens is 2. The monoisotopic (exact) mass is 300 g/mol. The van der Waals surface area contributed by atoms with E-state index in [1.54, 1.807) is 11.3 Å². The number of aryl methyl sites for hydroxylation is 2. The number of nitrogens with zero attached hydrogens (tertiary/aromatic N) is 1. The molecule has 2 heterocycles. The van der Waals surface area contributed by atoms with Gasteiger partial charge in [0.1, 0.15) is 10.3 Å². The van der Waals surface area contributed by atoms with Crippen molar-refractivity contribution in [3.05, 3.63) is 30.6 Å². The lowest BCUT2D eigenvalue weighted by Crippen LogP contribution is -2.09. The van der Waals surface area contributed by atoms with E-state index in [2.05, 4.69) is 25.9 Å². The fourth-order valence-electron chi connectivity index (χ4n) is 1.44. The van der Waals surface area contributed by atoms with Crippen LogP contribution in [-0.2, 0) is 0 Å². The van der Waals surface area contributed by atoms with Crippen LogP contribution in [-0.4, -0.2) is 15.1 Å². The van der Waals surface area contributed by atoms with E-state index in [4.69, 9.17) is 0 Å². The summed E-state index contributed by atoms with van der Waals surface area (Å²) >= 11 is 4.58. The SMILES string of the molecule is Cc1cc(-c2nc(O)c(Br)c(=O)[nH]2)c(C)s1. The van der Waals surface area contributed by atoms with Crippen LogP contribution in [0.1, 0.15) is 9.75 Å². The van der Waals surface area contributed by atoms with Gasteiger partial charge in [-0.05, 0) is 35.8 Å². The van der Waals surface area contributed by atoms with Crippen LogP contribution >= 0.6 is 27.3 Å². The number of nitrogens with one attached hydrogen (secondary N) is 1. The highest BCUT2D eigenvalue weighted by Gasteiger charge is 2.12. The topological polar surface area (TPSA) is 66.0 Å². The summed E-state index contributed by atoms with van der Waals surface area (Å²) in [5.41, 5.74) is 0.466. The van der Waals surface area contributed by atoms with Gasteiger partial charge in [-0.1, -0.05) is 0 Å². The van der Waals surface area contributed by atoms with Gasteiger partial charge in [0.05, 0.1) is 0 Å². The van der Waals surface area contributed by atoms with Gasteiger partial charge < -0.3 is 10.1 Å². The third-order valence-corrected chi connectivity index (χ3v) is 3.82. The smallest absolute Gasteiger partial charge is 0.269 e. The van der Waals surface area contributed by atoms with Crippen LogP contribution in [0.3, 0.4) is 0 Å². The Kier molecular flexibility index (Phi) is 2.86. The summed E-state index contributed by atoms with van der Waals surface area (Å²) < 4.78 is 0.0563. The molecule has 84 valence electrons. The first-order chi connectivity index (χ1) is 7.49. The first-order valence-corrected chi connectivity index (χ1v) is 6.16. The highest BCUT2D eigenvalue weighted by atomic mass is 79.9. The molecule has 0 saturated carbocycles. The summed E-state index contributed by atoms with van der Waals surface area (Å²) in [7, 11) is 0. The molecule has 6 heteroatoms. The van der Waals surface area contributed by atoms with Gasteiger partial charge in [0.15, 0.2) is 0 Å². The Balaban J connectivity index is 2.66. The Morgan fingerprint density at radius 3 is 2.69 bits per heavy atom. The summed E-state index contributed by atoms with van der Waals surface area (Å²) in [4.78, 5) is 20.2. The Morgan fingerprint density at radius 2 is 2.19 bits per heavy atom. The number of hydrogen-bond donors (Lipinski definition) is 2. The highest BCUT2D eigenvalue weighted by Crippen LogP contribution is 2.29. The van der Waals surface area contributed by atoms with E-state index in [-0.39, 0.29) is 15.9 Å². The maximum Gasteiger partial charge on any atom is 0.269 e. The average Bonchev–Trinajstić information content (AvgIpc) is 2.53. The fraction of sp³-hybridized carbons (Fsp3) is 0.200. The first-order valence-electron chi connectivity index (χ1n) is 4.55. The lowest BCUT2D eigenvalue weighted by atomic mass is 10.2. The predicted molar refractivity (Wildman–Crippen MR) is 67.0 cm³/mol. The molecule has 0 aromatic carbocycles. The number of aromatic hydroxyl groups is 1. The molecule has 0 atom stereocenters. The Bertz CT molecular complexity index is 603. The minimum Gasteiger partial charge on any atom is -0.492 e. The highest BCUT2D eigenvalue weighted by molar-refractivity contribution is 9.10. The fourth-order valence-corrected chi connectivity index (χ4v) is 2.55. The van der Waals surface area contributed by atoms with Gasteiger partial charge in [-0.15, -0.1) is 11.3 Å². The summed E-state index contributed by atoms with van der Waals surface area (Å²) in [5.74, 6) is 0.106. The van der Waals surface area contributed by atoms with Crippen molar-refractivity contribution < 1.29 is 5.11 Å². The predicted octanol–water partition coefficient (Wildman–Crippen LogP) is 2.58. The average molecular weight is 301 g/mol. The molecule has 0 fully saturated rings. The van der Waals surface area contributed by atoms with Gasteiger partial charge in [0.2, 0.25) is 5.88 Å². The number of rotatable bonds is 1. The third-order valence-electron chi connectivity index (χ3n) is 2.14. The Morgan fingerprint density at radius 1 is 1.50 bits per heavy atom. The third kappa shape index (κ3) is 1.90. The molecule has 0 unspecified atom stereocenters. The second-order valence-corrected chi connectivity index (χ2v) is 5.63. The minimum atomic E-state index is -0.384. The van der Waals surface area contributed by atoms with E-state index in [9.17, 15) is 9.90 Å². The van der Waals surface area contributed by atoms with E-state index >= 15 is 0 Å². The van der Waals surface area contributed by atoms with E-state index in [0.717, 1.165) is 15.3 Å². The van der Waals surface area contributed by atoms with Crippen LogP contribution in [0.2, 0.25) is 0 Å². The van der Waals surface area contributed by atoms with Crippen LogP contribution in [0.5, 0.6) is 5.88 Å². The largest absolute Gasteiger partial charge is 0.492 e. The molecule has 2 rings (SSSR count). The lowest BCUT2D eigenvalue weighted by molar-refractivity contribution is 0.448. The van der Waals surface area contributed by atoms with Crippen LogP contribution in [0.4, 0.5) is 0 Å². The molecule has 2 aromatic rings. The quantitative estimate of drug-likeness (QED) is 0.851. The number of halogens is 1. The summed E-state index contributed by atoms with van der Waals surface area (Å²) in [5, 5.41) is 9.47. The van der Waals surface area contributed by atoms with E-state index in [0.29, 0.717) is 5.82 Å². The standard InChI is InChI=1S/C10H9BrN2O2S/c1-4-3-6(5(2)16-4)8-12-9(14)7(11)10(15)13-8/h3H,1-2H3,(H2,12,13,14,15). The molecule has 0 bridgehead atoms. The van der Waals surface area contributed by atoms with Crippen LogP contribution in [0, 0.1) is 13.8 Å². The molecule has 0 aliphatic heterocycles. The molecular weight excluding hydrogens is 292 g/mol. The second kappa shape index (κ2) is 4.03. The van der Waals surface area contributed by atoms with Gasteiger partial charge in [0.25, 0.3) is 5.56 Å². The first kappa shape index (κ1) is 11.3. The molecule has 0 aliphatic rings. The van der Waals surface area contributed by atoms with E-state index < -0.39 is 0 Å². The molecule has 2 aromatic heterocycles. The van der Waals surface area contributed by atoms with Crippen molar-refractivity contribution in [2.75, 3.05) is 0 Å². The van der Waals surface area contributed by atoms with E-state index in [1.165, 1.54) is 0 Å². The second-order valence-electron chi connectivity index (χ2n) is 3.38. The normalized spacial score (nSPS) is 10.7. The zero-order valence-corrected chi connectivity index (χ0v) is 11.1. The van der Waals surface area contributed by atoms with Crippen LogP contribution < -0.4 is 5.56 Å². The molecule has 0 aliphatic carbocycles.